The number of amides is 1. The van der Waals surface area contributed by atoms with Crippen molar-refractivity contribution in [2.75, 3.05) is 39.3 Å². The summed E-state index contributed by atoms with van der Waals surface area (Å²) >= 11 is 0. The molecule has 3 aliphatic heterocycles. The minimum atomic E-state index is 0.384. The van der Waals surface area contributed by atoms with Gasteiger partial charge in [-0.1, -0.05) is 12.1 Å². The van der Waals surface area contributed by atoms with Crippen molar-refractivity contribution in [2.24, 2.45) is 5.92 Å². The van der Waals surface area contributed by atoms with Crippen molar-refractivity contribution in [3.05, 3.63) is 29.3 Å². The molecular weight excluding hydrogens is 312 g/mol. The summed E-state index contributed by atoms with van der Waals surface area (Å²) < 4.78 is 5.59. The third-order valence-corrected chi connectivity index (χ3v) is 6.08. The van der Waals surface area contributed by atoms with Gasteiger partial charge in [0.2, 0.25) is 5.91 Å². The van der Waals surface area contributed by atoms with Gasteiger partial charge in [-0.25, -0.2) is 0 Å². The zero-order chi connectivity index (χ0) is 17.1. The number of likely N-dealkylation sites (tertiary alicyclic amines) is 2. The van der Waals surface area contributed by atoms with Gasteiger partial charge in [-0.15, -0.1) is 0 Å². The van der Waals surface area contributed by atoms with Crippen LogP contribution in [0.15, 0.2) is 18.2 Å². The molecule has 136 valence electrons. The van der Waals surface area contributed by atoms with Crippen LogP contribution in [-0.2, 0) is 17.6 Å². The van der Waals surface area contributed by atoms with Gasteiger partial charge < -0.3 is 14.5 Å². The van der Waals surface area contributed by atoms with Crippen LogP contribution in [0.5, 0.6) is 5.75 Å². The molecule has 3 heterocycles. The second kappa shape index (κ2) is 7.77. The van der Waals surface area contributed by atoms with Gasteiger partial charge in [0.25, 0.3) is 0 Å². The van der Waals surface area contributed by atoms with E-state index < -0.39 is 0 Å². The lowest BCUT2D eigenvalue weighted by Gasteiger charge is -2.36. The van der Waals surface area contributed by atoms with E-state index in [2.05, 4.69) is 28.0 Å². The molecule has 0 saturated carbocycles. The highest BCUT2D eigenvalue weighted by Gasteiger charge is 2.25. The standard InChI is InChI=1S/C21H30N2O2/c24-21-3-1-2-10-23(21)16-18-7-12-22(13-8-18)11-6-17-4-5-20-19(15-17)9-14-25-20/h4-5,15,18H,1-3,6-14,16H2. The maximum atomic E-state index is 12.0. The molecule has 0 atom stereocenters. The Hall–Kier alpha value is -1.55. The zero-order valence-electron chi connectivity index (χ0n) is 15.2. The Morgan fingerprint density at radius 2 is 1.96 bits per heavy atom. The average Bonchev–Trinajstić information content (AvgIpc) is 3.11. The first kappa shape index (κ1) is 16.9. The van der Waals surface area contributed by atoms with E-state index in [1.54, 1.807) is 0 Å². The highest BCUT2D eigenvalue weighted by molar-refractivity contribution is 5.76. The van der Waals surface area contributed by atoms with E-state index in [9.17, 15) is 4.79 Å². The summed E-state index contributed by atoms with van der Waals surface area (Å²) in [6.07, 6.45) is 7.71. The van der Waals surface area contributed by atoms with Gasteiger partial charge in [-0.2, -0.15) is 0 Å². The summed E-state index contributed by atoms with van der Waals surface area (Å²) in [6.45, 7) is 6.33. The Bertz CT molecular complexity index is 608. The summed E-state index contributed by atoms with van der Waals surface area (Å²) in [4.78, 5) is 16.7. The van der Waals surface area contributed by atoms with Crippen LogP contribution in [0.25, 0.3) is 0 Å². The molecule has 0 radical (unpaired) electrons. The number of benzene rings is 1. The molecule has 1 aromatic rings. The van der Waals surface area contributed by atoms with Crippen molar-refractivity contribution in [2.45, 2.75) is 44.9 Å². The molecule has 0 N–H and O–H groups in total. The topological polar surface area (TPSA) is 32.8 Å². The lowest BCUT2D eigenvalue weighted by atomic mass is 9.95. The third-order valence-electron chi connectivity index (χ3n) is 6.08. The van der Waals surface area contributed by atoms with Crippen LogP contribution in [0.4, 0.5) is 0 Å². The lowest BCUT2D eigenvalue weighted by molar-refractivity contribution is -0.134. The fourth-order valence-electron chi connectivity index (χ4n) is 4.44. The van der Waals surface area contributed by atoms with Gasteiger partial charge in [-0.3, -0.25) is 4.79 Å². The molecule has 0 aliphatic carbocycles. The summed E-state index contributed by atoms with van der Waals surface area (Å²) in [5.74, 6) is 2.17. The van der Waals surface area contributed by atoms with Crippen LogP contribution in [0.3, 0.4) is 0 Å². The smallest absolute Gasteiger partial charge is 0.222 e. The predicted molar refractivity (Wildman–Crippen MR) is 98.9 cm³/mol. The highest BCUT2D eigenvalue weighted by atomic mass is 16.5. The molecule has 1 amide bonds. The minimum absolute atomic E-state index is 0.384. The van der Waals surface area contributed by atoms with Crippen LogP contribution in [0, 0.1) is 5.92 Å². The van der Waals surface area contributed by atoms with Crippen LogP contribution >= 0.6 is 0 Å². The quantitative estimate of drug-likeness (QED) is 0.825. The Labute approximate surface area is 151 Å². The summed E-state index contributed by atoms with van der Waals surface area (Å²) in [7, 11) is 0. The van der Waals surface area contributed by atoms with Crippen molar-refractivity contribution >= 4 is 5.91 Å². The molecule has 0 unspecified atom stereocenters. The van der Waals surface area contributed by atoms with E-state index >= 15 is 0 Å². The zero-order valence-corrected chi connectivity index (χ0v) is 15.2. The first-order chi connectivity index (χ1) is 12.3. The number of fused-ring (bicyclic) bond motifs is 1. The van der Waals surface area contributed by atoms with Gasteiger partial charge >= 0.3 is 0 Å². The lowest BCUT2D eigenvalue weighted by Crippen LogP contribution is -2.43. The van der Waals surface area contributed by atoms with E-state index in [1.807, 2.05) is 0 Å². The van der Waals surface area contributed by atoms with E-state index in [1.165, 1.54) is 43.5 Å². The van der Waals surface area contributed by atoms with Crippen LogP contribution in [0.1, 0.15) is 43.2 Å². The van der Waals surface area contributed by atoms with Gasteiger partial charge in [0.05, 0.1) is 6.61 Å². The summed E-state index contributed by atoms with van der Waals surface area (Å²) in [5.41, 5.74) is 2.81. The molecule has 2 fully saturated rings. The average molecular weight is 342 g/mol. The van der Waals surface area contributed by atoms with Crippen molar-refractivity contribution in [1.82, 2.24) is 9.80 Å². The molecule has 1 aromatic carbocycles. The monoisotopic (exact) mass is 342 g/mol. The van der Waals surface area contributed by atoms with Crippen molar-refractivity contribution in [1.29, 1.82) is 0 Å². The number of hydrogen-bond donors (Lipinski definition) is 0. The third kappa shape index (κ3) is 4.17. The van der Waals surface area contributed by atoms with E-state index in [0.717, 1.165) is 57.7 Å². The number of rotatable bonds is 5. The second-order valence-corrected chi connectivity index (χ2v) is 7.87. The largest absolute Gasteiger partial charge is 0.493 e. The Balaban J connectivity index is 1.20. The van der Waals surface area contributed by atoms with E-state index in [4.69, 9.17) is 4.74 Å². The summed E-state index contributed by atoms with van der Waals surface area (Å²) in [5, 5.41) is 0. The highest BCUT2D eigenvalue weighted by Crippen LogP contribution is 2.26. The molecule has 4 nitrogen and oxygen atoms in total. The molecule has 2 saturated heterocycles. The number of piperidine rings is 2. The van der Waals surface area contributed by atoms with Gasteiger partial charge in [-0.05, 0) is 68.3 Å². The molecule has 0 aromatic heterocycles. The van der Waals surface area contributed by atoms with Crippen LogP contribution in [-0.4, -0.2) is 55.0 Å². The minimum Gasteiger partial charge on any atom is -0.493 e. The van der Waals surface area contributed by atoms with Crippen molar-refractivity contribution in [3.8, 4) is 5.75 Å². The molecule has 3 aliphatic rings. The van der Waals surface area contributed by atoms with Gasteiger partial charge in [0.1, 0.15) is 5.75 Å². The molecule has 0 spiro atoms. The Morgan fingerprint density at radius 1 is 1.08 bits per heavy atom. The normalized spacial score (nSPS) is 22.1. The van der Waals surface area contributed by atoms with Gasteiger partial charge in [0.15, 0.2) is 0 Å². The first-order valence-corrected chi connectivity index (χ1v) is 10.0. The second-order valence-electron chi connectivity index (χ2n) is 7.87. The van der Waals surface area contributed by atoms with Crippen LogP contribution in [0.2, 0.25) is 0 Å². The fraction of sp³-hybridized carbons (Fsp3) is 0.667. The van der Waals surface area contributed by atoms with Gasteiger partial charge in [0, 0.05) is 32.5 Å². The number of ether oxygens (including phenoxy) is 1. The number of hydrogen-bond acceptors (Lipinski definition) is 3. The van der Waals surface area contributed by atoms with Crippen molar-refractivity contribution in [3.63, 3.8) is 0 Å². The Kier molecular flexibility index (Phi) is 5.25. The number of carbonyl (C=O) groups is 1. The molecule has 0 bridgehead atoms. The van der Waals surface area contributed by atoms with E-state index in [-0.39, 0.29) is 0 Å². The SMILES string of the molecule is O=C1CCCCN1CC1CCN(CCc2ccc3c(c2)CCO3)CC1. The number of carbonyl (C=O) groups excluding carboxylic acids is 1. The molecule has 4 heteroatoms. The fourth-order valence-corrected chi connectivity index (χ4v) is 4.44. The summed E-state index contributed by atoms with van der Waals surface area (Å²) in [6, 6.07) is 6.69. The maximum absolute atomic E-state index is 12.0. The predicted octanol–water partition coefficient (Wildman–Crippen LogP) is 2.89. The first-order valence-electron chi connectivity index (χ1n) is 10.0. The molecular formula is C21H30N2O2. The van der Waals surface area contributed by atoms with E-state index in [0.29, 0.717) is 11.8 Å². The number of nitrogens with zero attached hydrogens (tertiary/aromatic N) is 2. The molecule has 25 heavy (non-hydrogen) atoms. The van der Waals surface area contributed by atoms with Crippen molar-refractivity contribution < 1.29 is 9.53 Å². The molecule has 4 rings (SSSR count). The Morgan fingerprint density at radius 3 is 2.80 bits per heavy atom. The maximum Gasteiger partial charge on any atom is 0.222 e. The van der Waals surface area contributed by atoms with Crippen LogP contribution < -0.4 is 4.74 Å².